The first-order valence-electron chi connectivity index (χ1n) is 7.90. The van der Waals surface area contributed by atoms with Crippen molar-refractivity contribution in [3.63, 3.8) is 0 Å². The molecule has 1 N–H and O–H groups in total. The van der Waals surface area contributed by atoms with Gasteiger partial charge in [-0.3, -0.25) is 4.79 Å². The molecule has 1 aromatic carbocycles. The van der Waals surface area contributed by atoms with Gasteiger partial charge in [0.15, 0.2) is 11.5 Å². The van der Waals surface area contributed by atoms with Gasteiger partial charge in [0, 0.05) is 30.8 Å². The number of hydrogen-bond donors (Lipinski definition) is 1. The summed E-state index contributed by atoms with van der Waals surface area (Å²) in [5.74, 6) is 1.33. The van der Waals surface area contributed by atoms with E-state index in [0.29, 0.717) is 29.0 Å². The molecule has 1 aliphatic rings. The normalized spacial score (nSPS) is 15.2. The highest BCUT2D eigenvalue weighted by atomic mass is 35.5. The first-order valence-corrected chi connectivity index (χ1v) is 8.28. The van der Waals surface area contributed by atoms with Gasteiger partial charge in [-0.15, -0.1) is 0 Å². The Kier molecular flexibility index (Phi) is 5.72. The van der Waals surface area contributed by atoms with E-state index < -0.39 is 0 Å². The molecule has 128 valence electrons. The van der Waals surface area contributed by atoms with Crippen molar-refractivity contribution in [3.8, 4) is 5.75 Å². The topological polar surface area (TPSA) is 73.6 Å². The van der Waals surface area contributed by atoms with Gasteiger partial charge in [-0.2, -0.15) is 0 Å². The van der Waals surface area contributed by atoms with Crippen LogP contribution in [0, 0.1) is 5.92 Å². The van der Waals surface area contributed by atoms with Crippen LogP contribution in [0.5, 0.6) is 5.75 Å². The summed E-state index contributed by atoms with van der Waals surface area (Å²) >= 11 is 5.89. The summed E-state index contributed by atoms with van der Waals surface area (Å²) in [5.41, 5.74) is 0.256. The van der Waals surface area contributed by atoms with Crippen molar-refractivity contribution in [1.29, 1.82) is 0 Å². The standard InChI is InChI=1S/C17H19ClN2O4/c18-13-2-1-3-14(8-13)23-11-15-9-16(20-24-15)17(21)19-10-12-4-6-22-7-5-12/h1-3,8-9,12H,4-7,10-11H2,(H,19,21). The van der Waals surface area contributed by atoms with Gasteiger partial charge in [0.25, 0.3) is 5.91 Å². The van der Waals surface area contributed by atoms with E-state index in [9.17, 15) is 4.79 Å². The molecule has 2 aromatic rings. The van der Waals surface area contributed by atoms with Gasteiger partial charge >= 0.3 is 0 Å². The summed E-state index contributed by atoms with van der Waals surface area (Å²) in [6.07, 6.45) is 1.94. The lowest BCUT2D eigenvalue weighted by Crippen LogP contribution is -2.32. The summed E-state index contributed by atoms with van der Waals surface area (Å²) in [7, 11) is 0. The molecule has 0 aliphatic carbocycles. The molecule has 1 saturated heterocycles. The van der Waals surface area contributed by atoms with Gasteiger partial charge in [-0.05, 0) is 37.0 Å². The average molecular weight is 351 g/mol. The Labute approximate surface area is 145 Å². The van der Waals surface area contributed by atoms with Gasteiger partial charge < -0.3 is 19.3 Å². The van der Waals surface area contributed by atoms with Crippen molar-refractivity contribution in [2.24, 2.45) is 5.92 Å². The largest absolute Gasteiger partial charge is 0.485 e. The number of carbonyl (C=O) groups excluding carboxylic acids is 1. The Morgan fingerprint density at radius 3 is 2.96 bits per heavy atom. The number of hydrogen-bond acceptors (Lipinski definition) is 5. The fraction of sp³-hybridized carbons (Fsp3) is 0.412. The van der Waals surface area contributed by atoms with E-state index >= 15 is 0 Å². The smallest absolute Gasteiger partial charge is 0.273 e. The number of amides is 1. The fourth-order valence-corrected chi connectivity index (χ4v) is 2.66. The van der Waals surface area contributed by atoms with Crippen molar-refractivity contribution < 1.29 is 18.8 Å². The van der Waals surface area contributed by atoms with Crippen molar-refractivity contribution in [3.05, 3.63) is 46.8 Å². The van der Waals surface area contributed by atoms with Crippen molar-refractivity contribution in [2.45, 2.75) is 19.4 Å². The number of benzene rings is 1. The van der Waals surface area contributed by atoms with Crippen LogP contribution in [-0.4, -0.2) is 30.8 Å². The number of nitrogens with one attached hydrogen (secondary N) is 1. The lowest BCUT2D eigenvalue weighted by atomic mass is 10.0. The molecular weight excluding hydrogens is 332 g/mol. The summed E-state index contributed by atoms with van der Waals surface area (Å²) in [4.78, 5) is 12.1. The number of nitrogens with zero attached hydrogens (tertiary/aromatic N) is 1. The third kappa shape index (κ3) is 4.72. The van der Waals surface area contributed by atoms with E-state index in [2.05, 4.69) is 10.5 Å². The Hall–Kier alpha value is -2.05. The molecule has 0 atom stereocenters. The molecule has 0 saturated carbocycles. The molecule has 1 aromatic heterocycles. The second-order valence-corrected chi connectivity index (χ2v) is 6.13. The first-order chi connectivity index (χ1) is 11.7. The quantitative estimate of drug-likeness (QED) is 0.866. The maximum atomic E-state index is 12.1. The molecule has 2 heterocycles. The van der Waals surface area contributed by atoms with Crippen molar-refractivity contribution in [1.82, 2.24) is 10.5 Å². The molecule has 0 radical (unpaired) electrons. The highest BCUT2D eigenvalue weighted by molar-refractivity contribution is 6.30. The van der Waals surface area contributed by atoms with E-state index in [0.717, 1.165) is 26.1 Å². The minimum absolute atomic E-state index is 0.181. The van der Waals surface area contributed by atoms with Crippen molar-refractivity contribution in [2.75, 3.05) is 19.8 Å². The van der Waals surface area contributed by atoms with Gasteiger partial charge in [0.2, 0.25) is 0 Å². The van der Waals surface area contributed by atoms with Crippen LogP contribution in [0.3, 0.4) is 0 Å². The Balaban J connectivity index is 1.48. The predicted molar refractivity (Wildman–Crippen MR) is 88.2 cm³/mol. The SMILES string of the molecule is O=C(NCC1CCOCC1)c1cc(COc2cccc(Cl)c2)on1. The Morgan fingerprint density at radius 1 is 1.33 bits per heavy atom. The Morgan fingerprint density at radius 2 is 2.17 bits per heavy atom. The van der Waals surface area contributed by atoms with Crippen LogP contribution >= 0.6 is 11.6 Å². The Bertz CT molecular complexity index is 683. The maximum absolute atomic E-state index is 12.1. The summed E-state index contributed by atoms with van der Waals surface area (Å²) in [6.45, 7) is 2.33. The fourth-order valence-electron chi connectivity index (χ4n) is 2.48. The molecular formula is C17H19ClN2O4. The summed E-state index contributed by atoms with van der Waals surface area (Å²) < 4.78 is 16.0. The highest BCUT2D eigenvalue weighted by Gasteiger charge is 2.17. The highest BCUT2D eigenvalue weighted by Crippen LogP contribution is 2.18. The van der Waals surface area contributed by atoms with Crippen LogP contribution in [0.15, 0.2) is 34.9 Å². The van der Waals surface area contributed by atoms with E-state index in [1.165, 1.54) is 0 Å². The van der Waals surface area contributed by atoms with E-state index in [4.69, 9.17) is 25.6 Å². The molecule has 1 amide bonds. The zero-order valence-corrected chi connectivity index (χ0v) is 13.9. The molecule has 24 heavy (non-hydrogen) atoms. The number of rotatable bonds is 6. The van der Waals surface area contributed by atoms with E-state index in [1.807, 2.05) is 0 Å². The van der Waals surface area contributed by atoms with Crippen LogP contribution in [0.2, 0.25) is 5.02 Å². The van der Waals surface area contributed by atoms with Gasteiger partial charge in [-0.1, -0.05) is 22.8 Å². The lowest BCUT2D eigenvalue weighted by Gasteiger charge is -2.21. The zero-order valence-electron chi connectivity index (χ0n) is 13.2. The maximum Gasteiger partial charge on any atom is 0.273 e. The minimum atomic E-state index is -0.237. The molecule has 7 heteroatoms. The monoisotopic (exact) mass is 350 g/mol. The van der Waals surface area contributed by atoms with Crippen LogP contribution in [-0.2, 0) is 11.3 Å². The third-order valence-corrected chi connectivity index (χ3v) is 4.10. The second-order valence-electron chi connectivity index (χ2n) is 5.69. The molecule has 1 fully saturated rings. The lowest BCUT2D eigenvalue weighted by molar-refractivity contribution is 0.0641. The summed E-state index contributed by atoms with van der Waals surface area (Å²) in [6, 6.07) is 8.66. The average Bonchev–Trinajstić information content (AvgIpc) is 3.08. The second kappa shape index (κ2) is 8.17. The predicted octanol–water partition coefficient (Wildman–Crippen LogP) is 3.06. The molecule has 0 bridgehead atoms. The van der Waals surface area contributed by atoms with Crippen LogP contribution in [0.1, 0.15) is 29.1 Å². The number of carbonyl (C=O) groups is 1. The number of ether oxygens (including phenoxy) is 2. The number of aromatic nitrogens is 1. The third-order valence-electron chi connectivity index (χ3n) is 3.86. The molecule has 6 nitrogen and oxygen atoms in total. The first kappa shape index (κ1) is 16.8. The zero-order chi connectivity index (χ0) is 16.8. The van der Waals surface area contributed by atoms with E-state index in [1.54, 1.807) is 30.3 Å². The minimum Gasteiger partial charge on any atom is -0.485 e. The number of halogens is 1. The van der Waals surface area contributed by atoms with Crippen LogP contribution in [0.25, 0.3) is 0 Å². The molecule has 1 aliphatic heterocycles. The molecule has 0 unspecified atom stereocenters. The van der Waals surface area contributed by atoms with Gasteiger partial charge in [-0.25, -0.2) is 0 Å². The van der Waals surface area contributed by atoms with Crippen LogP contribution in [0.4, 0.5) is 0 Å². The van der Waals surface area contributed by atoms with Crippen LogP contribution < -0.4 is 10.1 Å². The van der Waals surface area contributed by atoms with E-state index in [-0.39, 0.29) is 18.2 Å². The van der Waals surface area contributed by atoms with Gasteiger partial charge in [0.1, 0.15) is 12.4 Å². The molecule has 3 rings (SSSR count). The van der Waals surface area contributed by atoms with Crippen molar-refractivity contribution >= 4 is 17.5 Å². The molecule has 0 spiro atoms. The van der Waals surface area contributed by atoms with Gasteiger partial charge in [0.05, 0.1) is 0 Å². The summed E-state index contributed by atoms with van der Waals surface area (Å²) in [5, 5.41) is 7.28.